The van der Waals surface area contributed by atoms with Crippen molar-refractivity contribution in [2.75, 3.05) is 15.8 Å². The molecule has 0 unspecified atom stereocenters. The standard InChI is InChI=1S/C21H18F2N4O3S/c1-2-8-31(29,30)27-17-7-6-16(22)18(19(17)23)21(28)26-13-9-14-15(12-4-3-5-12)11-25-20(14)24-10-13/h3-7,9-11,27H,2,8H2,1H3,(H,24,25)(H,26,28). The lowest BCUT2D eigenvalue weighted by atomic mass is 9.99. The van der Waals surface area contributed by atoms with E-state index in [1.165, 1.54) is 6.20 Å². The molecule has 2 aromatic heterocycles. The van der Waals surface area contributed by atoms with E-state index < -0.39 is 38.8 Å². The van der Waals surface area contributed by atoms with Gasteiger partial charge in [-0.3, -0.25) is 9.52 Å². The molecule has 4 rings (SSSR count). The van der Waals surface area contributed by atoms with E-state index in [0.717, 1.165) is 28.7 Å². The van der Waals surface area contributed by atoms with Crippen LogP contribution in [-0.2, 0) is 10.0 Å². The molecule has 3 aromatic rings. The quantitative estimate of drug-likeness (QED) is 0.508. The number of hydrogen-bond donors (Lipinski definition) is 3. The van der Waals surface area contributed by atoms with E-state index in [4.69, 9.17) is 0 Å². The van der Waals surface area contributed by atoms with E-state index >= 15 is 0 Å². The molecule has 3 N–H and O–H groups in total. The number of carbonyl (C=O) groups excluding carboxylic acids is 1. The van der Waals surface area contributed by atoms with Gasteiger partial charge >= 0.3 is 0 Å². The first-order chi connectivity index (χ1) is 14.8. The first kappa shape index (κ1) is 20.7. The Balaban J connectivity index is 1.63. The third kappa shape index (κ3) is 4.06. The smallest absolute Gasteiger partial charge is 0.261 e. The van der Waals surface area contributed by atoms with Gasteiger partial charge in [-0.05, 0) is 30.2 Å². The number of anilines is 2. The molecule has 1 aromatic carbocycles. The summed E-state index contributed by atoms with van der Waals surface area (Å²) in [4.78, 5) is 19.9. The zero-order valence-corrected chi connectivity index (χ0v) is 17.2. The van der Waals surface area contributed by atoms with Crippen LogP contribution in [0.2, 0.25) is 0 Å². The maximum atomic E-state index is 14.8. The van der Waals surface area contributed by atoms with Crippen LogP contribution in [-0.4, -0.2) is 30.0 Å². The summed E-state index contributed by atoms with van der Waals surface area (Å²) in [7, 11) is -3.82. The first-order valence-corrected chi connectivity index (χ1v) is 11.1. The maximum absolute atomic E-state index is 14.8. The fourth-order valence-electron chi connectivity index (χ4n) is 3.20. The van der Waals surface area contributed by atoms with E-state index in [1.807, 2.05) is 23.0 Å². The monoisotopic (exact) mass is 444 g/mol. The molecule has 0 fully saturated rings. The van der Waals surface area contributed by atoms with Gasteiger partial charge in [0.15, 0.2) is 5.82 Å². The molecule has 0 radical (unpaired) electrons. The first-order valence-electron chi connectivity index (χ1n) is 9.45. The van der Waals surface area contributed by atoms with E-state index in [0.29, 0.717) is 12.1 Å². The molecule has 0 spiro atoms. The summed E-state index contributed by atoms with van der Waals surface area (Å²) in [5, 5.41) is 3.16. The van der Waals surface area contributed by atoms with E-state index in [9.17, 15) is 22.0 Å². The van der Waals surface area contributed by atoms with Crippen molar-refractivity contribution in [2.24, 2.45) is 0 Å². The van der Waals surface area contributed by atoms with E-state index in [-0.39, 0.29) is 11.4 Å². The lowest BCUT2D eigenvalue weighted by Gasteiger charge is -2.12. The Hall–Kier alpha value is -3.53. The van der Waals surface area contributed by atoms with Gasteiger partial charge < -0.3 is 10.3 Å². The maximum Gasteiger partial charge on any atom is 0.261 e. The van der Waals surface area contributed by atoms with Crippen molar-refractivity contribution in [1.29, 1.82) is 0 Å². The number of hydrogen-bond acceptors (Lipinski definition) is 4. The zero-order chi connectivity index (χ0) is 22.2. The molecule has 0 saturated heterocycles. The highest BCUT2D eigenvalue weighted by atomic mass is 32.2. The molecule has 0 bridgehead atoms. The number of pyridine rings is 1. The van der Waals surface area contributed by atoms with E-state index in [1.54, 1.807) is 19.2 Å². The summed E-state index contributed by atoms with van der Waals surface area (Å²) in [6.07, 6.45) is 9.18. The third-order valence-electron chi connectivity index (χ3n) is 4.71. The van der Waals surface area contributed by atoms with Crippen molar-refractivity contribution >= 4 is 43.9 Å². The third-order valence-corrected chi connectivity index (χ3v) is 6.18. The summed E-state index contributed by atoms with van der Waals surface area (Å²) in [6, 6.07) is 3.42. The number of benzene rings is 1. The van der Waals surface area contributed by atoms with Gasteiger partial charge in [-0.15, -0.1) is 0 Å². The molecule has 1 aliphatic rings. The van der Waals surface area contributed by atoms with Crippen LogP contribution in [0.1, 0.15) is 29.3 Å². The number of carbonyl (C=O) groups is 1. The van der Waals surface area contributed by atoms with Gasteiger partial charge in [0, 0.05) is 17.1 Å². The Morgan fingerprint density at radius 3 is 2.71 bits per heavy atom. The summed E-state index contributed by atoms with van der Waals surface area (Å²) in [6.45, 7) is 1.65. The number of fused-ring (bicyclic) bond motifs is 1. The molecule has 160 valence electrons. The number of rotatable bonds is 7. The minimum Gasteiger partial charge on any atom is -0.346 e. The fraction of sp³-hybridized carbons (Fsp3) is 0.143. The Bertz CT molecular complexity index is 1360. The van der Waals surface area contributed by atoms with Crippen LogP contribution in [0.5, 0.6) is 0 Å². The second-order valence-electron chi connectivity index (χ2n) is 6.96. The van der Waals surface area contributed by atoms with Gasteiger partial charge in [0.05, 0.1) is 23.3 Å². The highest BCUT2D eigenvalue weighted by molar-refractivity contribution is 7.92. The van der Waals surface area contributed by atoms with Crippen LogP contribution in [0.4, 0.5) is 20.2 Å². The topological polar surface area (TPSA) is 104 Å². The molecule has 0 aliphatic heterocycles. The van der Waals surface area contributed by atoms with Crippen molar-refractivity contribution < 1.29 is 22.0 Å². The Labute approximate surface area is 176 Å². The van der Waals surface area contributed by atoms with Crippen LogP contribution in [0.15, 0.2) is 48.8 Å². The van der Waals surface area contributed by atoms with Crippen molar-refractivity contribution in [3.63, 3.8) is 0 Å². The second kappa shape index (κ2) is 7.95. The van der Waals surface area contributed by atoms with E-state index in [2.05, 4.69) is 15.3 Å². The lowest BCUT2D eigenvalue weighted by molar-refractivity contribution is 0.101. The summed E-state index contributed by atoms with van der Waals surface area (Å²) in [5.74, 6) is -3.71. The largest absolute Gasteiger partial charge is 0.346 e. The van der Waals surface area contributed by atoms with Crippen molar-refractivity contribution in [1.82, 2.24) is 9.97 Å². The number of amides is 1. The molecule has 7 nitrogen and oxygen atoms in total. The fourth-order valence-corrected chi connectivity index (χ4v) is 4.34. The van der Waals surface area contributed by atoms with Crippen molar-refractivity contribution in [2.45, 2.75) is 13.3 Å². The van der Waals surface area contributed by atoms with Gasteiger partial charge in [-0.2, -0.15) is 0 Å². The minimum absolute atomic E-state index is 0.234. The number of allylic oxidation sites excluding steroid dienone is 4. The number of aromatic amines is 1. The van der Waals surface area contributed by atoms with Gasteiger partial charge in [0.25, 0.3) is 5.91 Å². The van der Waals surface area contributed by atoms with Crippen LogP contribution in [0.25, 0.3) is 16.6 Å². The molecule has 1 aliphatic carbocycles. The number of aromatic nitrogens is 2. The Morgan fingerprint density at radius 1 is 1.26 bits per heavy atom. The van der Waals surface area contributed by atoms with Gasteiger partial charge in [-0.1, -0.05) is 25.2 Å². The van der Waals surface area contributed by atoms with Crippen LogP contribution < -0.4 is 10.0 Å². The van der Waals surface area contributed by atoms with Crippen molar-refractivity contribution in [3.05, 3.63) is 71.6 Å². The molecule has 10 heteroatoms. The SMILES string of the molecule is CCCS(=O)(=O)Nc1ccc(F)c(C(=O)Nc2cnc3[nH]cc(C4=CC=C4)c3c2)c1F. The second-order valence-corrected chi connectivity index (χ2v) is 8.80. The lowest BCUT2D eigenvalue weighted by Crippen LogP contribution is -2.20. The number of nitrogens with zero attached hydrogens (tertiary/aromatic N) is 1. The predicted octanol–water partition coefficient (Wildman–Crippen LogP) is 4.20. The molecule has 0 atom stereocenters. The average Bonchev–Trinajstić information content (AvgIpc) is 3.06. The summed E-state index contributed by atoms with van der Waals surface area (Å²) < 4.78 is 55.0. The molecule has 2 heterocycles. The normalized spacial score (nSPS) is 13.1. The summed E-state index contributed by atoms with van der Waals surface area (Å²) in [5.41, 5.74) is 1.31. The molecular weight excluding hydrogens is 426 g/mol. The summed E-state index contributed by atoms with van der Waals surface area (Å²) >= 11 is 0. The number of nitrogens with one attached hydrogen (secondary N) is 3. The van der Waals surface area contributed by atoms with Crippen LogP contribution in [0.3, 0.4) is 0 Å². The number of sulfonamides is 1. The van der Waals surface area contributed by atoms with Crippen LogP contribution in [0, 0.1) is 11.6 Å². The molecule has 1 amide bonds. The number of H-pyrrole nitrogens is 1. The van der Waals surface area contributed by atoms with Gasteiger partial charge in [0.1, 0.15) is 17.0 Å². The minimum atomic E-state index is -3.82. The Kier molecular flexibility index (Phi) is 5.32. The average molecular weight is 444 g/mol. The predicted molar refractivity (Wildman–Crippen MR) is 115 cm³/mol. The molecular formula is C21H18F2N4O3S. The number of halogens is 2. The highest BCUT2D eigenvalue weighted by Gasteiger charge is 2.23. The molecule has 0 saturated carbocycles. The van der Waals surface area contributed by atoms with Crippen molar-refractivity contribution in [3.8, 4) is 0 Å². The zero-order valence-electron chi connectivity index (χ0n) is 16.4. The highest BCUT2D eigenvalue weighted by Crippen LogP contribution is 2.30. The van der Waals surface area contributed by atoms with Gasteiger partial charge in [-0.25, -0.2) is 22.2 Å². The molecule has 31 heavy (non-hydrogen) atoms. The Morgan fingerprint density at radius 2 is 2.03 bits per heavy atom. The van der Waals surface area contributed by atoms with Crippen LogP contribution >= 0.6 is 0 Å². The van der Waals surface area contributed by atoms with Gasteiger partial charge in [0.2, 0.25) is 10.0 Å².